The average Bonchev–Trinajstić information content (AvgIpc) is 1.81. The summed E-state index contributed by atoms with van der Waals surface area (Å²) in [4.78, 5) is 10.5. The summed E-state index contributed by atoms with van der Waals surface area (Å²) in [5, 5.41) is 0. The van der Waals surface area contributed by atoms with Crippen LogP contribution in [0.1, 0.15) is 13.3 Å². The van der Waals surface area contributed by atoms with Crippen LogP contribution >= 0.6 is 0 Å². The first kappa shape index (κ1) is 9.13. The maximum Gasteiger partial charge on any atom is 0.319 e. The van der Waals surface area contributed by atoms with Gasteiger partial charge in [0.05, 0.1) is 0 Å². The molecule has 10 heavy (non-hydrogen) atoms. The van der Waals surface area contributed by atoms with Crippen LogP contribution in [0.4, 0.5) is 13.6 Å². The predicted octanol–water partition coefficient (Wildman–Crippen LogP) is 1.000. The van der Waals surface area contributed by atoms with Gasteiger partial charge < -0.3 is 5.73 Å². The van der Waals surface area contributed by atoms with E-state index in [0.717, 1.165) is 0 Å². The highest BCUT2D eigenvalue weighted by atomic mass is 19.3. The van der Waals surface area contributed by atoms with Crippen molar-refractivity contribution in [2.45, 2.75) is 19.9 Å². The molecule has 0 saturated carbocycles. The van der Waals surface area contributed by atoms with Gasteiger partial charge in [0.15, 0.2) is 0 Å². The van der Waals surface area contributed by atoms with Crippen molar-refractivity contribution in [2.75, 3.05) is 6.54 Å². The molecule has 0 aromatic carbocycles. The number of halogens is 2. The highest BCUT2D eigenvalue weighted by Gasteiger charge is 2.17. The van der Waals surface area contributed by atoms with E-state index in [2.05, 4.69) is 5.73 Å². The van der Waals surface area contributed by atoms with Gasteiger partial charge in [-0.3, -0.25) is 4.90 Å². The van der Waals surface area contributed by atoms with E-state index >= 15 is 0 Å². The highest BCUT2D eigenvalue weighted by Crippen LogP contribution is 2.02. The van der Waals surface area contributed by atoms with E-state index in [1.54, 1.807) is 6.92 Å². The minimum absolute atomic E-state index is 0.00694. The molecule has 0 heterocycles. The second-order valence-corrected chi connectivity index (χ2v) is 1.81. The number of amides is 2. The summed E-state index contributed by atoms with van der Waals surface area (Å²) in [6.07, 6.45) is 0.479. The number of nitrogens with zero attached hydrogens (tertiary/aromatic N) is 1. The molecule has 0 spiro atoms. The van der Waals surface area contributed by atoms with Crippen molar-refractivity contribution in [3.8, 4) is 0 Å². The second kappa shape index (κ2) is 4.03. The van der Waals surface area contributed by atoms with E-state index in [9.17, 15) is 13.6 Å². The quantitative estimate of drug-likeness (QED) is 0.602. The molecule has 0 radical (unpaired) electrons. The average molecular weight is 152 g/mol. The Labute approximate surface area is 57.8 Å². The fourth-order valence-electron chi connectivity index (χ4n) is 0.545. The van der Waals surface area contributed by atoms with Crippen molar-refractivity contribution >= 4 is 6.03 Å². The minimum Gasteiger partial charge on any atom is -0.351 e. The van der Waals surface area contributed by atoms with Crippen LogP contribution in [-0.2, 0) is 0 Å². The lowest BCUT2D eigenvalue weighted by Gasteiger charge is -2.17. The molecule has 2 amide bonds. The van der Waals surface area contributed by atoms with Crippen LogP contribution in [0.25, 0.3) is 0 Å². The molecule has 0 aliphatic carbocycles. The Morgan fingerprint density at radius 2 is 2.20 bits per heavy atom. The number of carbonyl (C=O) groups excluding carboxylic acids is 1. The number of alkyl halides is 2. The Morgan fingerprint density at radius 1 is 1.70 bits per heavy atom. The van der Waals surface area contributed by atoms with E-state index < -0.39 is 12.6 Å². The molecule has 0 aliphatic heterocycles. The maximum absolute atomic E-state index is 11.8. The SMILES string of the molecule is CCCN(C(N)=O)C(F)F. The van der Waals surface area contributed by atoms with Crippen molar-refractivity contribution in [1.29, 1.82) is 0 Å². The molecule has 60 valence electrons. The van der Waals surface area contributed by atoms with Crippen LogP contribution in [0.15, 0.2) is 0 Å². The Hall–Kier alpha value is -0.870. The van der Waals surface area contributed by atoms with Gasteiger partial charge in [0, 0.05) is 6.54 Å². The topological polar surface area (TPSA) is 46.3 Å². The molecule has 0 fully saturated rings. The zero-order valence-electron chi connectivity index (χ0n) is 5.68. The first-order valence-corrected chi connectivity index (χ1v) is 2.93. The smallest absolute Gasteiger partial charge is 0.319 e. The minimum atomic E-state index is -2.78. The summed E-state index contributed by atoms with van der Waals surface area (Å²) < 4.78 is 23.5. The summed E-state index contributed by atoms with van der Waals surface area (Å²) in [7, 11) is 0. The van der Waals surface area contributed by atoms with Crippen molar-refractivity contribution in [3.63, 3.8) is 0 Å². The molecule has 2 N–H and O–H groups in total. The summed E-state index contributed by atoms with van der Waals surface area (Å²) in [6.45, 7) is -1.08. The Balaban J connectivity index is 3.85. The van der Waals surface area contributed by atoms with E-state index in [4.69, 9.17) is 0 Å². The monoisotopic (exact) mass is 152 g/mol. The van der Waals surface area contributed by atoms with Gasteiger partial charge >= 0.3 is 12.6 Å². The van der Waals surface area contributed by atoms with E-state index in [-0.39, 0.29) is 6.54 Å². The molecule has 0 rings (SSSR count). The van der Waals surface area contributed by atoms with E-state index in [1.807, 2.05) is 0 Å². The van der Waals surface area contributed by atoms with E-state index in [0.29, 0.717) is 11.3 Å². The van der Waals surface area contributed by atoms with Crippen molar-refractivity contribution in [3.05, 3.63) is 0 Å². The van der Waals surface area contributed by atoms with Gasteiger partial charge in [-0.1, -0.05) is 6.92 Å². The summed E-state index contributed by atoms with van der Waals surface area (Å²) in [6, 6.07) is -1.07. The van der Waals surface area contributed by atoms with Crippen LogP contribution in [0.3, 0.4) is 0 Å². The molecule has 0 unspecified atom stereocenters. The van der Waals surface area contributed by atoms with Crippen LogP contribution in [0, 0.1) is 0 Å². The van der Waals surface area contributed by atoms with Crippen LogP contribution < -0.4 is 5.73 Å². The number of urea groups is 1. The van der Waals surface area contributed by atoms with Gasteiger partial charge in [-0.25, -0.2) is 4.79 Å². The summed E-state index contributed by atoms with van der Waals surface area (Å²) in [5.74, 6) is 0. The van der Waals surface area contributed by atoms with Crippen molar-refractivity contribution in [2.24, 2.45) is 5.73 Å². The van der Waals surface area contributed by atoms with Crippen LogP contribution in [-0.4, -0.2) is 24.0 Å². The summed E-state index contributed by atoms with van der Waals surface area (Å²) in [5.41, 5.74) is 4.63. The predicted molar refractivity (Wildman–Crippen MR) is 32.6 cm³/mol. The standard InChI is InChI=1S/C5H10F2N2O/c1-2-3-9(4(6)7)5(8)10/h4H,2-3H2,1H3,(H2,8,10). The Kier molecular flexibility index (Phi) is 3.68. The van der Waals surface area contributed by atoms with E-state index in [1.165, 1.54) is 0 Å². The first-order valence-electron chi connectivity index (χ1n) is 2.93. The van der Waals surface area contributed by atoms with Crippen LogP contribution in [0.2, 0.25) is 0 Å². The first-order chi connectivity index (χ1) is 4.59. The molecule has 0 bridgehead atoms. The van der Waals surface area contributed by atoms with Crippen molar-refractivity contribution < 1.29 is 13.6 Å². The number of rotatable bonds is 3. The molecule has 0 aromatic heterocycles. The molecule has 5 heteroatoms. The number of carbonyl (C=O) groups is 1. The van der Waals surface area contributed by atoms with Gasteiger partial charge in [-0.05, 0) is 6.42 Å². The molecule has 0 saturated heterocycles. The lowest BCUT2D eigenvalue weighted by molar-refractivity contribution is 0.00475. The normalized spacial score (nSPS) is 10.0. The number of nitrogens with two attached hydrogens (primary N) is 1. The molecule has 3 nitrogen and oxygen atoms in total. The lowest BCUT2D eigenvalue weighted by atomic mass is 10.4. The Bertz CT molecular complexity index is 118. The number of hydrogen-bond donors (Lipinski definition) is 1. The third kappa shape index (κ3) is 2.61. The largest absolute Gasteiger partial charge is 0.351 e. The summed E-state index contributed by atoms with van der Waals surface area (Å²) >= 11 is 0. The lowest BCUT2D eigenvalue weighted by Crippen LogP contribution is -2.39. The van der Waals surface area contributed by atoms with Gasteiger partial charge in [0.1, 0.15) is 0 Å². The van der Waals surface area contributed by atoms with Gasteiger partial charge in [-0.2, -0.15) is 8.78 Å². The highest BCUT2D eigenvalue weighted by molar-refractivity contribution is 5.71. The third-order valence-corrected chi connectivity index (χ3v) is 0.983. The Morgan fingerprint density at radius 3 is 2.30 bits per heavy atom. The molecule has 0 atom stereocenters. The van der Waals surface area contributed by atoms with Gasteiger partial charge in [0.25, 0.3) is 0 Å². The van der Waals surface area contributed by atoms with Crippen molar-refractivity contribution in [1.82, 2.24) is 4.90 Å². The zero-order valence-corrected chi connectivity index (χ0v) is 5.68. The van der Waals surface area contributed by atoms with Crippen LogP contribution in [0.5, 0.6) is 0 Å². The maximum atomic E-state index is 11.8. The molecular formula is C5H10F2N2O. The molecule has 0 aromatic rings. The second-order valence-electron chi connectivity index (χ2n) is 1.81. The third-order valence-electron chi connectivity index (χ3n) is 0.983. The number of hydrogen-bond acceptors (Lipinski definition) is 1. The number of primary amides is 1. The molecular weight excluding hydrogens is 142 g/mol. The zero-order chi connectivity index (χ0) is 8.15. The molecule has 0 aliphatic rings. The van der Waals surface area contributed by atoms with Gasteiger partial charge in [0.2, 0.25) is 0 Å². The fourth-order valence-corrected chi connectivity index (χ4v) is 0.545. The fraction of sp³-hybridized carbons (Fsp3) is 0.800. The van der Waals surface area contributed by atoms with Gasteiger partial charge in [-0.15, -0.1) is 0 Å².